The highest BCUT2D eigenvalue weighted by atomic mass is 16.6. The molecule has 1 fully saturated rings. The number of hydrogen-bond donors (Lipinski definition) is 0. The molecule has 0 bridgehead atoms. The topological polar surface area (TPSA) is 55.8 Å². The number of para-hydroxylation sites is 1. The summed E-state index contributed by atoms with van der Waals surface area (Å²) in [5, 5.41) is 0. The Kier molecular flexibility index (Phi) is 2.56. The number of rotatable bonds is 1. The minimum absolute atomic E-state index is 0.00388. The molecule has 2 atom stereocenters. The van der Waals surface area contributed by atoms with Gasteiger partial charge in [0, 0.05) is 5.69 Å². The smallest absolute Gasteiger partial charge is 0.344 e. The van der Waals surface area contributed by atoms with E-state index in [4.69, 9.17) is 4.74 Å². The summed E-state index contributed by atoms with van der Waals surface area (Å²) in [7, 11) is 1.25. The van der Waals surface area contributed by atoms with Crippen LogP contribution < -0.4 is 4.90 Å². The first-order chi connectivity index (χ1) is 8.72. The van der Waals surface area contributed by atoms with Crippen LogP contribution in [0.5, 0.6) is 0 Å². The number of fused-ring (bicyclic) bond motifs is 3. The fourth-order valence-corrected chi connectivity index (χ4v) is 2.57. The molecule has 0 spiro atoms. The molecule has 2 unspecified atom stereocenters. The normalized spacial score (nSPS) is 25.6. The molecule has 0 aromatic heterocycles. The van der Waals surface area contributed by atoms with Gasteiger partial charge in [0.05, 0.1) is 19.8 Å². The molecule has 2 aliphatic heterocycles. The fourth-order valence-electron chi connectivity index (χ4n) is 2.57. The summed E-state index contributed by atoms with van der Waals surface area (Å²) in [6.07, 6.45) is -0.354. The molecular weight excluding hydrogens is 234 g/mol. The maximum atomic E-state index is 12.3. The number of methoxy groups -OCH3 is 1. The van der Waals surface area contributed by atoms with Crippen molar-refractivity contribution in [3.8, 4) is 0 Å². The van der Waals surface area contributed by atoms with E-state index in [9.17, 15) is 9.59 Å². The van der Waals surface area contributed by atoms with Gasteiger partial charge in [0.1, 0.15) is 0 Å². The van der Waals surface area contributed by atoms with E-state index in [1.54, 1.807) is 4.90 Å². The molecule has 0 aliphatic carbocycles. The van der Waals surface area contributed by atoms with Crippen LogP contribution in [0.25, 0.3) is 0 Å². The van der Waals surface area contributed by atoms with Crippen molar-refractivity contribution in [3.05, 3.63) is 29.8 Å². The molecule has 0 N–H and O–H groups in total. The van der Waals surface area contributed by atoms with Gasteiger partial charge in [-0.05, 0) is 18.1 Å². The lowest BCUT2D eigenvalue weighted by Gasteiger charge is -2.33. The molecule has 2 heterocycles. The Morgan fingerprint density at radius 2 is 2.22 bits per heavy atom. The number of anilines is 1. The Labute approximate surface area is 104 Å². The summed E-state index contributed by atoms with van der Waals surface area (Å²) in [4.78, 5) is 25.4. The first-order valence-electron chi connectivity index (χ1n) is 5.83. The molecule has 0 radical (unpaired) electrons. The zero-order valence-electron chi connectivity index (χ0n) is 9.96. The minimum Gasteiger partial charge on any atom is -0.467 e. The van der Waals surface area contributed by atoms with Gasteiger partial charge in [0.2, 0.25) is 6.10 Å². The average molecular weight is 247 g/mol. The second kappa shape index (κ2) is 4.10. The molecule has 2 aliphatic rings. The van der Waals surface area contributed by atoms with Crippen LogP contribution in [0.3, 0.4) is 0 Å². The van der Waals surface area contributed by atoms with Gasteiger partial charge in [0.25, 0.3) is 5.91 Å². The quantitative estimate of drug-likeness (QED) is 0.536. The van der Waals surface area contributed by atoms with Crippen molar-refractivity contribution < 1.29 is 19.1 Å². The molecule has 1 aromatic rings. The van der Waals surface area contributed by atoms with Crippen LogP contribution >= 0.6 is 0 Å². The molecule has 5 heteroatoms. The van der Waals surface area contributed by atoms with E-state index < -0.39 is 12.1 Å². The van der Waals surface area contributed by atoms with Crippen molar-refractivity contribution in [1.82, 2.24) is 0 Å². The van der Waals surface area contributed by atoms with E-state index in [1.165, 1.54) is 7.11 Å². The SMILES string of the molecule is COC(=O)C1OCC2Cc3ccccc3N2C1=O. The van der Waals surface area contributed by atoms with Crippen LogP contribution in [0.2, 0.25) is 0 Å². The molecule has 1 saturated heterocycles. The number of amides is 1. The number of nitrogens with zero attached hydrogens (tertiary/aromatic N) is 1. The van der Waals surface area contributed by atoms with Crippen molar-refractivity contribution in [2.45, 2.75) is 18.6 Å². The maximum absolute atomic E-state index is 12.3. The Morgan fingerprint density at radius 1 is 1.44 bits per heavy atom. The number of benzene rings is 1. The lowest BCUT2D eigenvalue weighted by Crippen LogP contribution is -2.55. The van der Waals surface area contributed by atoms with Gasteiger partial charge < -0.3 is 14.4 Å². The largest absolute Gasteiger partial charge is 0.467 e. The monoisotopic (exact) mass is 247 g/mol. The first kappa shape index (κ1) is 11.2. The van der Waals surface area contributed by atoms with Crippen molar-refractivity contribution in [1.29, 1.82) is 0 Å². The standard InChI is InChI=1S/C13H13NO4/c1-17-13(16)11-12(15)14-9(7-18-11)6-8-4-2-3-5-10(8)14/h2-5,9,11H,6-7H2,1H3. The van der Waals surface area contributed by atoms with Gasteiger partial charge in [-0.3, -0.25) is 4.79 Å². The van der Waals surface area contributed by atoms with Gasteiger partial charge in [0.15, 0.2) is 0 Å². The van der Waals surface area contributed by atoms with E-state index in [0.29, 0.717) is 6.61 Å². The molecule has 1 amide bonds. The highest BCUT2D eigenvalue weighted by molar-refractivity contribution is 6.10. The predicted molar refractivity (Wildman–Crippen MR) is 63.2 cm³/mol. The van der Waals surface area contributed by atoms with Crippen molar-refractivity contribution in [2.75, 3.05) is 18.6 Å². The highest BCUT2D eigenvalue weighted by Crippen LogP contribution is 2.35. The first-order valence-corrected chi connectivity index (χ1v) is 5.83. The van der Waals surface area contributed by atoms with Gasteiger partial charge in [-0.2, -0.15) is 0 Å². The van der Waals surface area contributed by atoms with Crippen LogP contribution in [0.4, 0.5) is 5.69 Å². The molecule has 1 aromatic carbocycles. The summed E-state index contributed by atoms with van der Waals surface area (Å²) in [5.74, 6) is -0.967. The van der Waals surface area contributed by atoms with E-state index in [2.05, 4.69) is 4.74 Å². The number of morpholine rings is 1. The van der Waals surface area contributed by atoms with Crippen molar-refractivity contribution in [2.24, 2.45) is 0 Å². The zero-order valence-corrected chi connectivity index (χ0v) is 9.96. The molecule has 0 saturated carbocycles. The second-order valence-corrected chi connectivity index (χ2v) is 4.43. The third-order valence-electron chi connectivity index (χ3n) is 3.40. The van der Waals surface area contributed by atoms with Crippen LogP contribution in [-0.4, -0.2) is 37.7 Å². The Hall–Kier alpha value is -1.88. The molecule has 3 rings (SSSR count). The number of esters is 1. The fraction of sp³-hybridized carbons (Fsp3) is 0.385. The van der Waals surface area contributed by atoms with E-state index in [-0.39, 0.29) is 11.9 Å². The summed E-state index contributed by atoms with van der Waals surface area (Å²) >= 11 is 0. The average Bonchev–Trinajstić information content (AvgIpc) is 2.77. The third-order valence-corrected chi connectivity index (χ3v) is 3.40. The van der Waals surface area contributed by atoms with Gasteiger partial charge in [-0.1, -0.05) is 18.2 Å². The number of ether oxygens (including phenoxy) is 2. The lowest BCUT2D eigenvalue weighted by atomic mass is 10.1. The van der Waals surface area contributed by atoms with Crippen molar-refractivity contribution >= 4 is 17.6 Å². The van der Waals surface area contributed by atoms with Gasteiger partial charge in [-0.25, -0.2) is 4.79 Å². The number of hydrogen-bond acceptors (Lipinski definition) is 4. The Morgan fingerprint density at radius 3 is 3.00 bits per heavy atom. The maximum Gasteiger partial charge on any atom is 0.344 e. The summed E-state index contributed by atoms with van der Waals surface area (Å²) in [6, 6.07) is 7.72. The molecule has 18 heavy (non-hydrogen) atoms. The second-order valence-electron chi connectivity index (χ2n) is 4.43. The van der Waals surface area contributed by atoms with Crippen LogP contribution in [-0.2, 0) is 25.5 Å². The number of carbonyl (C=O) groups excluding carboxylic acids is 2. The molecule has 94 valence electrons. The highest BCUT2D eigenvalue weighted by Gasteiger charge is 2.45. The van der Waals surface area contributed by atoms with E-state index in [0.717, 1.165) is 17.7 Å². The molecule has 5 nitrogen and oxygen atoms in total. The van der Waals surface area contributed by atoms with Gasteiger partial charge >= 0.3 is 5.97 Å². The van der Waals surface area contributed by atoms with E-state index in [1.807, 2.05) is 24.3 Å². The Bertz CT molecular complexity index is 513. The zero-order chi connectivity index (χ0) is 12.7. The lowest BCUT2D eigenvalue weighted by molar-refractivity contribution is -0.162. The number of carbonyl (C=O) groups is 2. The summed E-state index contributed by atoms with van der Waals surface area (Å²) in [5.41, 5.74) is 2.00. The third kappa shape index (κ3) is 1.51. The summed E-state index contributed by atoms with van der Waals surface area (Å²) < 4.78 is 9.91. The minimum atomic E-state index is -1.13. The van der Waals surface area contributed by atoms with Gasteiger partial charge in [-0.15, -0.1) is 0 Å². The van der Waals surface area contributed by atoms with Crippen LogP contribution in [0, 0.1) is 0 Å². The molecular formula is C13H13NO4. The summed E-state index contributed by atoms with van der Waals surface area (Å²) in [6.45, 7) is 0.361. The van der Waals surface area contributed by atoms with E-state index >= 15 is 0 Å². The van der Waals surface area contributed by atoms with Crippen LogP contribution in [0.1, 0.15) is 5.56 Å². The Balaban J connectivity index is 1.95. The van der Waals surface area contributed by atoms with Crippen LogP contribution in [0.15, 0.2) is 24.3 Å². The predicted octanol–water partition coefficient (Wildman–Crippen LogP) is 0.516. The van der Waals surface area contributed by atoms with Crippen molar-refractivity contribution in [3.63, 3.8) is 0 Å².